The molecule has 0 bridgehead atoms. The van der Waals surface area contributed by atoms with Crippen LogP contribution in [0, 0.1) is 0 Å². The molecular formula is C55H34O3. The highest BCUT2D eigenvalue weighted by atomic mass is 16.3. The third kappa shape index (κ3) is 5.00. The number of para-hydroxylation sites is 3. The summed E-state index contributed by atoms with van der Waals surface area (Å²) >= 11 is 0. The number of hydrogen-bond donors (Lipinski definition) is 0. The molecule has 12 aromatic rings. The van der Waals surface area contributed by atoms with Gasteiger partial charge in [-0.25, -0.2) is 0 Å². The first-order valence-electron chi connectivity index (χ1n) is 19.8. The Labute approximate surface area is 334 Å². The van der Waals surface area contributed by atoms with Gasteiger partial charge in [0.15, 0.2) is 0 Å². The average Bonchev–Trinajstić information content (AvgIpc) is 3.98. The molecule has 1 atom stereocenters. The molecule has 0 radical (unpaired) electrons. The van der Waals surface area contributed by atoms with Gasteiger partial charge in [-0.1, -0.05) is 170 Å². The van der Waals surface area contributed by atoms with Gasteiger partial charge in [0.1, 0.15) is 33.5 Å². The second kappa shape index (κ2) is 13.0. The Balaban J connectivity index is 1.20. The number of rotatable bonds is 6. The summed E-state index contributed by atoms with van der Waals surface area (Å²) in [5.41, 5.74) is 15.2. The van der Waals surface area contributed by atoms with Crippen LogP contribution in [-0.2, 0) is 0 Å². The van der Waals surface area contributed by atoms with Crippen molar-refractivity contribution in [3.8, 4) is 33.4 Å². The molecule has 3 nitrogen and oxygen atoms in total. The van der Waals surface area contributed by atoms with Crippen LogP contribution in [0.3, 0.4) is 0 Å². The summed E-state index contributed by atoms with van der Waals surface area (Å²) in [7, 11) is 0. The Morgan fingerprint density at radius 3 is 1.71 bits per heavy atom. The molecule has 272 valence electrons. The normalized spacial score (nSPS) is 12.4. The zero-order valence-electron chi connectivity index (χ0n) is 31.4. The minimum Gasteiger partial charge on any atom is -0.456 e. The Morgan fingerprint density at radius 1 is 0.293 bits per heavy atom. The third-order valence-electron chi connectivity index (χ3n) is 11.8. The van der Waals surface area contributed by atoms with E-state index in [0.717, 1.165) is 105 Å². The molecule has 0 fully saturated rings. The molecule has 3 aromatic heterocycles. The van der Waals surface area contributed by atoms with Crippen LogP contribution in [0.25, 0.3) is 99.2 Å². The SMILES string of the molecule is c1ccc(-c2cccc(-c3c4oc5cccc(C(c6ccccc6-c6ccccc6)c6cccc7c6oc6ccccc67)c5c4cc4oc5ccccc5c34)c2)cc1. The Bertz CT molecular complexity index is 3510. The molecule has 0 aliphatic rings. The predicted octanol–water partition coefficient (Wildman–Crippen LogP) is 15.6. The van der Waals surface area contributed by atoms with E-state index in [1.165, 1.54) is 11.1 Å². The Hall–Kier alpha value is -7.62. The van der Waals surface area contributed by atoms with Crippen molar-refractivity contribution in [1.29, 1.82) is 0 Å². The van der Waals surface area contributed by atoms with Crippen molar-refractivity contribution in [2.24, 2.45) is 0 Å². The lowest BCUT2D eigenvalue weighted by atomic mass is 9.79. The van der Waals surface area contributed by atoms with E-state index in [1.54, 1.807) is 0 Å². The highest BCUT2D eigenvalue weighted by molar-refractivity contribution is 6.24. The van der Waals surface area contributed by atoms with Gasteiger partial charge in [0, 0.05) is 49.4 Å². The van der Waals surface area contributed by atoms with Crippen LogP contribution in [0.5, 0.6) is 0 Å². The maximum Gasteiger partial charge on any atom is 0.144 e. The van der Waals surface area contributed by atoms with Crippen LogP contribution >= 0.6 is 0 Å². The van der Waals surface area contributed by atoms with Crippen molar-refractivity contribution >= 4 is 65.8 Å². The van der Waals surface area contributed by atoms with E-state index in [0.29, 0.717) is 0 Å². The zero-order valence-corrected chi connectivity index (χ0v) is 31.4. The van der Waals surface area contributed by atoms with Crippen LogP contribution in [0.15, 0.2) is 213 Å². The lowest BCUT2D eigenvalue weighted by Gasteiger charge is -2.23. The quantitative estimate of drug-likeness (QED) is 0.159. The second-order valence-corrected chi connectivity index (χ2v) is 15.1. The number of furan rings is 3. The molecule has 3 heteroatoms. The highest BCUT2D eigenvalue weighted by Crippen LogP contribution is 2.50. The first-order chi connectivity index (χ1) is 28.8. The molecule has 9 aromatic carbocycles. The lowest BCUT2D eigenvalue weighted by molar-refractivity contribution is 0.660. The van der Waals surface area contributed by atoms with E-state index in [1.807, 2.05) is 12.1 Å². The molecule has 0 amide bonds. The van der Waals surface area contributed by atoms with Crippen LogP contribution in [-0.4, -0.2) is 0 Å². The highest BCUT2D eigenvalue weighted by Gasteiger charge is 2.29. The summed E-state index contributed by atoms with van der Waals surface area (Å²) in [6.45, 7) is 0. The number of hydrogen-bond acceptors (Lipinski definition) is 3. The van der Waals surface area contributed by atoms with Crippen LogP contribution in [0.1, 0.15) is 22.6 Å². The fourth-order valence-corrected chi connectivity index (χ4v) is 9.32. The van der Waals surface area contributed by atoms with Crippen molar-refractivity contribution < 1.29 is 13.3 Å². The van der Waals surface area contributed by atoms with Gasteiger partial charge in [-0.15, -0.1) is 0 Å². The maximum absolute atomic E-state index is 7.16. The van der Waals surface area contributed by atoms with E-state index in [-0.39, 0.29) is 5.92 Å². The summed E-state index contributed by atoms with van der Waals surface area (Å²) < 4.78 is 20.7. The van der Waals surface area contributed by atoms with Crippen LogP contribution < -0.4 is 0 Å². The van der Waals surface area contributed by atoms with E-state index >= 15 is 0 Å². The van der Waals surface area contributed by atoms with Gasteiger partial charge >= 0.3 is 0 Å². The molecule has 0 saturated carbocycles. The largest absolute Gasteiger partial charge is 0.456 e. The van der Waals surface area contributed by atoms with Gasteiger partial charge < -0.3 is 13.3 Å². The summed E-state index contributed by atoms with van der Waals surface area (Å²) in [5, 5.41) is 6.39. The molecule has 0 aliphatic carbocycles. The van der Waals surface area contributed by atoms with Crippen molar-refractivity contribution in [2.45, 2.75) is 5.92 Å². The monoisotopic (exact) mass is 742 g/mol. The molecule has 12 rings (SSSR count). The second-order valence-electron chi connectivity index (χ2n) is 15.1. The van der Waals surface area contributed by atoms with E-state index < -0.39 is 0 Å². The molecule has 0 aliphatic heterocycles. The molecule has 3 heterocycles. The number of benzene rings is 9. The smallest absolute Gasteiger partial charge is 0.144 e. The van der Waals surface area contributed by atoms with Crippen LogP contribution in [0.4, 0.5) is 0 Å². The summed E-state index contributed by atoms with van der Waals surface area (Å²) in [6, 6.07) is 70.7. The van der Waals surface area contributed by atoms with Gasteiger partial charge in [-0.05, 0) is 69.3 Å². The minimum absolute atomic E-state index is 0.221. The van der Waals surface area contributed by atoms with E-state index in [4.69, 9.17) is 13.3 Å². The van der Waals surface area contributed by atoms with Gasteiger partial charge in [0.2, 0.25) is 0 Å². The molecule has 1 unspecified atom stereocenters. The average molecular weight is 743 g/mol. The number of fused-ring (bicyclic) bond motifs is 9. The maximum atomic E-state index is 7.16. The van der Waals surface area contributed by atoms with Crippen molar-refractivity contribution in [3.63, 3.8) is 0 Å². The summed E-state index contributed by atoms with van der Waals surface area (Å²) in [6.07, 6.45) is 0. The summed E-state index contributed by atoms with van der Waals surface area (Å²) in [5.74, 6) is -0.221. The standard InChI is InChI=1S/C55H34O3/c1-3-16-34(17-4-1)36-20-13-21-37(32-36)50-53-42-25-10-12-30-47(42)56-49(53)33-45-52-43(27-15-31-48(52)58-55(45)50)51(40-24-8-7-22-38(40)35-18-5-2-6-19-35)44-28-14-26-41-39-23-9-11-29-46(39)57-54(41)44/h1-33,51H. The topological polar surface area (TPSA) is 39.4 Å². The molecule has 0 N–H and O–H groups in total. The fraction of sp³-hybridized carbons (Fsp3) is 0.0182. The Morgan fingerprint density at radius 2 is 0.862 bits per heavy atom. The minimum atomic E-state index is -0.221. The first-order valence-corrected chi connectivity index (χ1v) is 19.8. The zero-order chi connectivity index (χ0) is 38.2. The molecule has 0 spiro atoms. The first kappa shape index (κ1) is 32.6. The molecule has 0 saturated heterocycles. The van der Waals surface area contributed by atoms with Gasteiger partial charge in [0.05, 0.1) is 0 Å². The van der Waals surface area contributed by atoms with Gasteiger partial charge in [0.25, 0.3) is 0 Å². The third-order valence-corrected chi connectivity index (χ3v) is 11.8. The van der Waals surface area contributed by atoms with Crippen molar-refractivity contribution in [1.82, 2.24) is 0 Å². The summed E-state index contributed by atoms with van der Waals surface area (Å²) in [4.78, 5) is 0. The Kier molecular flexibility index (Phi) is 7.29. The van der Waals surface area contributed by atoms with Crippen molar-refractivity contribution in [2.75, 3.05) is 0 Å². The van der Waals surface area contributed by atoms with Crippen LogP contribution in [0.2, 0.25) is 0 Å². The predicted molar refractivity (Wildman–Crippen MR) is 238 cm³/mol. The van der Waals surface area contributed by atoms with E-state index in [9.17, 15) is 0 Å². The fourth-order valence-electron chi connectivity index (χ4n) is 9.32. The molecular weight excluding hydrogens is 709 g/mol. The van der Waals surface area contributed by atoms with Crippen molar-refractivity contribution in [3.05, 3.63) is 217 Å². The van der Waals surface area contributed by atoms with Gasteiger partial charge in [-0.2, -0.15) is 0 Å². The van der Waals surface area contributed by atoms with Gasteiger partial charge in [-0.3, -0.25) is 0 Å². The molecule has 58 heavy (non-hydrogen) atoms. The lowest BCUT2D eigenvalue weighted by Crippen LogP contribution is -2.06. The van der Waals surface area contributed by atoms with E-state index in [2.05, 4.69) is 188 Å².